The molecule has 0 atom stereocenters. The highest BCUT2D eigenvalue weighted by Crippen LogP contribution is 2.30. The van der Waals surface area contributed by atoms with Crippen LogP contribution in [0, 0.1) is 12.8 Å². The van der Waals surface area contributed by atoms with E-state index in [1.54, 1.807) is 6.20 Å². The number of carbonyl (C=O) groups is 1. The number of aromatic nitrogens is 1. The van der Waals surface area contributed by atoms with Crippen molar-refractivity contribution in [3.8, 4) is 0 Å². The molecule has 1 aliphatic heterocycles. The van der Waals surface area contributed by atoms with Crippen molar-refractivity contribution < 1.29 is 4.79 Å². The summed E-state index contributed by atoms with van der Waals surface area (Å²) >= 11 is 6.23. The summed E-state index contributed by atoms with van der Waals surface area (Å²) in [6.45, 7) is 3.52. The molecule has 0 saturated carbocycles. The van der Waals surface area contributed by atoms with Crippen molar-refractivity contribution in [2.45, 2.75) is 19.8 Å². The topological polar surface area (TPSA) is 59.2 Å². The Balaban J connectivity index is 2.10. The predicted octanol–water partition coefficient (Wildman–Crippen LogP) is 1.75. The highest BCUT2D eigenvalue weighted by Gasteiger charge is 2.24. The minimum absolute atomic E-state index is 0.00737. The van der Waals surface area contributed by atoms with Gasteiger partial charge in [0.15, 0.2) is 0 Å². The third-order valence-electron chi connectivity index (χ3n) is 3.28. The summed E-state index contributed by atoms with van der Waals surface area (Å²) in [5.41, 5.74) is 7.15. The molecule has 0 aliphatic carbocycles. The first-order valence-electron chi connectivity index (χ1n) is 5.75. The Morgan fingerprint density at radius 3 is 2.76 bits per heavy atom. The van der Waals surface area contributed by atoms with Crippen molar-refractivity contribution in [2.75, 3.05) is 18.0 Å². The van der Waals surface area contributed by atoms with Gasteiger partial charge in [-0.25, -0.2) is 0 Å². The largest absolute Gasteiger partial charge is 0.370 e. The minimum atomic E-state index is -0.193. The van der Waals surface area contributed by atoms with E-state index < -0.39 is 0 Å². The second-order valence-corrected chi connectivity index (χ2v) is 4.77. The molecule has 1 fully saturated rings. The van der Waals surface area contributed by atoms with Gasteiger partial charge in [-0.2, -0.15) is 0 Å². The van der Waals surface area contributed by atoms with Gasteiger partial charge in [-0.1, -0.05) is 11.6 Å². The van der Waals surface area contributed by atoms with E-state index >= 15 is 0 Å². The molecule has 2 heterocycles. The van der Waals surface area contributed by atoms with Gasteiger partial charge in [-0.3, -0.25) is 9.78 Å². The van der Waals surface area contributed by atoms with E-state index in [1.165, 1.54) is 0 Å². The quantitative estimate of drug-likeness (QED) is 0.874. The molecule has 2 rings (SSSR count). The van der Waals surface area contributed by atoms with E-state index in [2.05, 4.69) is 9.88 Å². The SMILES string of the molecule is Cc1nccc(N2CCC(C(N)=O)CC2)c1Cl. The standard InChI is InChI=1S/C12H16ClN3O/c1-8-11(13)10(2-5-15-8)16-6-3-9(4-7-16)12(14)17/h2,5,9H,3-4,6-7H2,1H3,(H2,14,17). The average Bonchev–Trinajstić information content (AvgIpc) is 2.33. The zero-order valence-corrected chi connectivity index (χ0v) is 10.6. The van der Waals surface area contributed by atoms with Crippen molar-refractivity contribution in [1.29, 1.82) is 0 Å². The van der Waals surface area contributed by atoms with Crippen molar-refractivity contribution in [2.24, 2.45) is 11.7 Å². The molecule has 2 N–H and O–H groups in total. The number of hydrogen-bond donors (Lipinski definition) is 1. The fourth-order valence-electron chi connectivity index (χ4n) is 2.18. The summed E-state index contributed by atoms with van der Waals surface area (Å²) in [6.07, 6.45) is 3.36. The lowest BCUT2D eigenvalue weighted by molar-refractivity contribution is -0.122. The lowest BCUT2D eigenvalue weighted by Crippen LogP contribution is -2.38. The van der Waals surface area contributed by atoms with Crippen LogP contribution in [-0.2, 0) is 4.79 Å². The van der Waals surface area contributed by atoms with Gasteiger partial charge < -0.3 is 10.6 Å². The highest BCUT2D eigenvalue weighted by atomic mass is 35.5. The number of pyridine rings is 1. The molecular formula is C12H16ClN3O. The van der Waals surface area contributed by atoms with Crippen molar-refractivity contribution in [1.82, 2.24) is 4.98 Å². The number of hydrogen-bond acceptors (Lipinski definition) is 3. The van der Waals surface area contributed by atoms with Crippen molar-refractivity contribution in [3.63, 3.8) is 0 Å². The van der Waals surface area contributed by atoms with Gasteiger partial charge in [0.05, 0.1) is 16.4 Å². The number of nitrogens with zero attached hydrogens (tertiary/aromatic N) is 2. The van der Waals surface area contributed by atoms with Crippen LogP contribution in [0.3, 0.4) is 0 Å². The van der Waals surface area contributed by atoms with Crippen LogP contribution in [0.5, 0.6) is 0 Å². The van der Waals surface area contributed by atoms with Gasteiger partial charge in [0, 0.05) is 25.2 Å². The first-order valence-corrected chi connectivity index (χ1v) is 6.12. The summed E-state index contributed by atoms with van der Waals surface area (Å²) < 4.78 is 0. The number of piperidine rings is 1. The molecule has 0 bridgehead atoms. The van der Waals surface area contributed by atoms with Crippen LogP contribution in [-0.4, -0.2) is 24.0 Å². The number of rotatable bonds is 2. The average molecular weight is 254 g/mol. The number of amides is 1. The maximum atomic E-state index is 11.1. The maximum Gasteiger partial charge on any atom is 0.220 e. The molecule has 1 amide bonds. The number of primary amides is 1. The Hall–Kier alpha value is -1.29. The first kappa shape index (κ1) is 12.2. The number of nitrogens with two attached hydrogens (primary N) is 1. The number of halogens is 1. The minimum Gasteiger partial charge on any atom is -0.370 e. The Morgan fingerprint density at radius 2 is 2.18 bits per heavy atom. The lowest BCUT2D eigenvalue weighted by Gasteiger charge is -2.33. The van der Waals surface area contributed by atoms with Gasteiger partial charge in [0.2, 0.25) is 5.91 Å². The molecule has 0 unspecified atom stereocenters. The van der Waals surface area contributed by atoms with Crippen LogP contribution in [0.1, 0.15) is 18.5 Å². The Bertz CT molecular complexity index is 428. The van der Waals surface area contributed by atoms with E-state index in [0.29, 0.717) is 5.02 Å². The zero-order chi connectivity index (χ0) is 12.4. The van der Waals surface area contributed by atoms with E-state index in [1.807, 2.05) is 13.0 Å². The van der Waals surface area contributed by atoms with Gasteiger partial charge in [-0.15, -0.1) is 0 Å². The summed E-state index contributed by atoms with van der Waals surface area (Å²) in [7, 11) is 0. The molecule has 92 valence electrons. The van der Waals surface area contributed by atoms with Crippen LogP contribution in [0.4, 0.5) is 5.69 Å². The summed E-state index contributed by atoms with van der Waals surface area (Å²) in [5, 5.41) is 0.699. The monoisotopic (exact) mass is 253 g/mol. The van der Waals surface area contributed by atoms with Crippen LogP contribution < -0.4 is 10.6 Å². The van der Waals surface area contributed by atoms with E-state index in [9.17, 15) is 4.79 Å². The Morgan fingerprint density at radius 1 is 1.53 bits per heavy atom. The van der Waals surface area contributed by atoms with Crippen LogP contribution in [0.2, 0.25) is 5.02 Å². The molecular weight excluding hydrogens is 238 g/mol. The normalized spacial score (nSPS) is 17.2. The fraction of sp³-hybridized carbons (Fsp3) is 0.500. The number of anilines is 1. The van der Waals surface area contributed by atoms with E-state index in [-0.39, 0.29) is 11.8 Å². The second kappa shape index (κ2) is 4.92. The van der Waals surface area contributed by atoms with Gasteiger partial charge in [-0.05, 0) is 25.8 Å². The van der Waals surface area contributed by atoms with E-state index in [0.717, 1.165) is 37.3 Å². The molecule has 0 spiro atoms. The maximum absolute atomic E-state index is 11.1. The molecule has 4 nitrogen and oxygen atoms in total. The molecule has 0 radical (unpaired) electrons. The fourth-order valence-corrected chi connectivity index (χ4v) is 2.42. The van der Waals surface area contributed by atoms with Crippen LogP contribution >= 0.6 is 11.6 Å². The summed E-state index contributed by atoms with van der Waals surface area (Å²) in [4.78, 5) is 17.4. The highest BCUT2D eigenvalue weighted by molar-refractivity contribution is 6.33. The Labute approximate surface area is 106 Å². The van der Waals surface area contributed by atoms with E-state index in [4.69, 9.17) is 17.3 Å². The van der Waals surface area contributed by atoms with Gasteiger partial charge >= 0.3 is 0 Å². The molecule has 1 saturated heterocycles. The molecule has 17 heavy (non-hydrogen) atoms. The molecule has 5 heteroatoms. The number of aryl methyl sites for hydroxylation is 1. The molecule has 1 aromatic heterocycles. The third kappa shape index (κ3) is 2.52. The zero-order valence-electron chi connectivity index (χ0n) is 9.82. The molecule has 1 aliphatic rings. The lowest BCUT2D eigenvalue weighted by atomic mass is 9.96. The second-order valence-electron chi connectivity index (χ2n) is 4.39. The molecule has 1 aromatic rings. The Kier molecular flexibility index (Phi) is 3.52. The van der Waals surface area contributed by atoms with Crippen LogP contribution in [0.15, 0.2) is 12.3 Å². The smallest absolute Gasteiger partial charge is 0.220 e. The predicted molar refractivity (Wildman–Crippen MR) is 68.1 cm³/mol. The summed E-state index contributed by atoms with van der Waals surface area (Å²) in [5.74, 6) is -0.186. The van der Waals surface area contributed by atoms with Crippen LogP contribution in [0.25, 0.3) is 0 Å². The third-order valence-corrected chi connectivity index (χ3v) is 3.75. The van der Waals surface area contributed by atoms with Gasteiger partial charge in [0.25, 0.3) is 0 Å². The summed E-state index contributed by atoms with van der Waals surface area (Å²) in [6, 6.07) is 1.92. The van der Waals surface area contributed by atoms with Crippen molar-refractivity contribution >= 4 is 23.2 Å². The number of carbonyl (C=O) groups excluding carboxylic acids is 1. The first-order chi connectivity index (χ1) is 8.09. The van der Waals surface area contributed by atoms with Crippen molar-refractivity contribution in [3.05, 3.63) is 23.0 Å². The molecule has 0 aromatic carbocycles. The van der Waals surface area contributed by atoms with Gasteiger partial charge in [0.1, 0.15) is 0 Å².